The van der Waals surface area contributed by atoms with Crippen LogP contribution >= 0.6 is 0 Å². The molecule has 1 aromatic heterocycles. The molecule has 0 bridgehead atoms. The minimum Gasteiger partial charge on any atom is -0.434 e. The van der Waals surface area contributed by atoms with Gasteiger partial charge in [-0.15, -0.1) is 0 Å². The number of hydrogen-bond acceptors (Lipinski definition) is 8. The van der Waals surface area contributed by atoms with Crippen LogP contribution in [0.5, 0.6) is 5.75 Å². The van der Waals surface area contributed by atoms with E-state index < -0.39 is 12.1 Å². The maximum atomic E-state index is 13.7. The lowest BCUT2D eigenvalue weighted by molar-refractivity contribution is -0.141. The molecule has 1 aliphatic carbocycles. The molecule has 1 heterocycles. The van der Waals surface area contributed by atoms with Crippen LogP contribution in [0.25, 0.3) is 17.0 Å². The predicted octanol–water partition coefficient (Wildman–Crippen LogP) is 7.46. The van der Waals surface area contributed by atoms with E-state index in [9.17, 15) is 19.2 Å². The smallest absolute Gasteiger partial charge is 0.434 e. The number of aromatic nitrogens is 1. The summed E-state index contributed by atoms with van der Waals surface area (Å²) in [5.74, 6) is -0.755. The molecule has 4 rings (SSSR count). The number of aryl methyl sites for hydroxylation is 1. The number of hydrogen-bond donors (Lipinski definition) is 0. The SMILES string of the molecule is CCCCOC(=O)Oc1ccc(C(=O)c2ccc3c(c2)c2c(n3CC)CC(C)C(C(=O)/C(CCCC)=N/OC(C)=O)=C2)cc1. The van der Waals surface area contributed by atoms with Crippen LogP contribution in [0.1, 0.15) is 93.9 Å². The molecule has 3 aromatic rings. The molecular formula is C35H40N2O7. The third-order valence-corrected chi connectivity index (χ3v) is 7.73. The molecule has 9 nitrogen and oxygen atoms in total. The lowest BCUT2D eigenvalue weighted by atomic mass is 9.83. The summed E-state index contributed by atoms with van der Waals surface area (Å²) >= 11 is 0. The van der Waals surface area contributed by atoms with Crippen molar-refractivity contribution in [1.82, 2.24) is 4.57 Å². The highest BCUT2D eigenvalue weighted by molar-refractivity contribution is 6.46. The van der Waals surface area contributed by atoms with Crippen molar-refractivity contribution in [2.75, 3.05) is 6.61 Å². The number of Topliss-reactive ketones (excluding diaryl/α,β-unsaturated/α-hetero) is 1. The highest BCUT2D eigenvalue weighted by Gasteiger charge is 2.30. The van der Waals surface area contributed by atoms with Crippen molar-refractivity contribution >= 4 is 46.4 Å². The van der Waals surface area contributed by atoms with Gasteiger partial charge in [0.05, 0.1) is 6.61 Å². The predicted molar refractivity (Wildman–Crippen MR) is 169 cm³/mol. The Morgan fingerprint density at radius 3 is 2.32 bits per heavy atom. The van der Waals surface area contributed by atoms with E-state index in [-0.39, 0.29) is 23.2 Å². The first-order valence-corrected chi connectivity index (χ1v) is 15.3. The van der Waals surface area contributed by atoms with Crippen LogP contribution in [0, 0.1) is 5.92 Å². The maximum Gasteiger partial charge on any atom is 0.513 e. The van der Waals surface area contributed by atoms with E-state index in [0.29, 0.717) is 41.9 Å². The van der Waals surface area contributed by atoms with Crippen LogP contribution in [-0.2, 0) is 32.1 Å². The second kappa shape index (κ2) is 14.8. The zero-order valence-corrected chi connectivity index (χ0v) is 26.1. The highest BCUT2D eigenvalue weighted by atomic mass is 16.7. The van der Waals surface area contributed by atoms with Gasteiger partial charge in [0, 0.05) is 52.3 Å². The molecule has 1 aliphatic rings. The van der Waals surface area contributed by atoms with Crippen molar-refractivity contribution in [2.24, 2.45) is 11.1 Å². The third-order valence-electron chi connectivity index (χ3n) is 7.73. The highest BCUT2D eigenvalue weighted by Crippen LogP contribution is 2.37. The van der Waals surface area contributed by atoms with Crippen LogP contribution in [-0.4, -0.2) is 40.6 Å². The quantitative estimate of drug-likeness (QED) is 0.0380. The van der Waals surface area contributed by atoms with E-state index in [4.69, 9.17) is 14.3 Å². The van der Waals surface area contributed by atoms with Gasteiger partial charge in [0.25, 0.3) is 0 Å². The van der Waals surface area contributed by atoms with Crippen molar-refractivity contribution in [3.8, 4) is 5.75 Å². The summed E-state index contributed by atoms with van der Waals surface area (Å²) in [5.41, 5.74) is 4.79. The Balaban J connectivity index is 1.66. The molecule has 1 atom stereocenters. The molecular weight excluding hydrogens is 560 g/mol. The molecule has 0 amide bonds. The first-order valence-electron chi connectivity index (χ1n) is 15.3. The Morgan fingerprint density at radius 2 is 1.66 bits per heavy atom. The molecule has 1 unspecified atom stereocenters. The topological polar surface area (TPSA) is 113 Å². The fourth-order valence-electron chi connectivity index (χ4n) is 5.40. The average molecular weight is 601 g/mol. The van der Waals surface area contributed by atoms with Crippen molar-refractivity contribution in [1.29, 1.82) is 0 Å². The Labute approximate surface area is 257 Å². The number of carbonyl (C=O) groups excluding carboxylic acids is 4. The number of carbonyl (C=O) groups is 4. The normalized spacial score (nSPS) is 14.5. The molecule has 44 heavy (non-hydrogen) atoms. The first kappa shape index (κ1) is 32.4. The molecule has 0 spiro atoms. The van der Waals surface area contributed by atoms with E-state index >= 15 is 0 Å². The van der Waals surface area contributed by atoms with Crippen LogP contribution in [0.3, 0.4) is 0 Å². The van der Waals surface area contributed by atoms with Crippen molar-refractivity contribution in [3.05, 3.63) is 70.4 Å². The number of allylic oxidation sites excluding steroid dienone is 1. The summed E-state index contributed by atoms with van der Waals surface area (Å²) < 4.78 is 12.5. The number of fused-ring (bicyclic) bond motifs is 3. The van der Waals surface area contributed by atoms with Gasteiger partial charge in [-0.05, 0) is 87.1 Å². The van der Waals surface area contributed by atoms with E-state index in [1.807, 2.05) is 45.0 Å². The fourth-order valence-corrected chi connectivity index (χ4v) is 5.40. The number of ketones is 2. The lowest BCUT2D eigenvalue weighted by Crippen LogP contribution is -2.25. The summed E-state index contributed by atoms with van der Waals surface area (Å²) in [4.78, 5) is 55.3. The number of unbranched alkanes of at least 4 members (excludes halogenated alkanes) is 2. The summed E-state index contributed by atoms with van der Waals surface area (Å²) in [6.45, 7) is 10.4. The standard InChI is InChI=1S/C35H40N2O7/c1-6-9-11-30(36-44-23(5)38)34(40)27-21-29-28-20-25(14-17-31(28)37(8-3)32(29)19-22(27)4)33(39)24-12-15-26(16-13-24)43-35(41)42-18-10-7-2/h12-17,20-22H,6-11,18-19H2,1-5H3/b36-30+. The van der Waals surface area contributed by atoms with Gasteiger partial charge in [-0.3, -0.25) is 9.59 Å². The van der Waals surface area contributed by atoms with E-state index in [1.54, 1.807) is 24.3 Å². The second-order valence-electron chi connectivity index (χ2n) is 11.0. The Morgan fingerprint density at radius 1 is 0.955 bits per heavy atom. The Bertz CT molecular complexity index is 1610. The van der Waals surface area contributed by atoms with E-state index in [1.165, 1.54) is 6.92 Å². The summed E-state index contributed by atoms with van der Waals surface area (Å²) in [6, 6.07) is 12.0. The van der Waals surface area contributed by atoms with Crippen molar-refractivity contribution in [3.63, 3.8) is 0 Å². The molecule has 0 saturated heterocycles. The van der Waals surface area contributed by atoms with Gasteiger partial charge in [-0.2, -0.15) is 0 Å². The van der Waals surface area contributed by atoms with Gasteiger partial charge in [0.15, 0.2) is 5.78 Å². The van der Waals surface area contributed by atoms with Crippen molar-refractivity contribution < 1.29 is 33.5 Å². The largest absolute Gasteiger partial charge is 0.513 e. The number of benzene rings is 2. The second-order valence-corrected chi connectivity index (χ2v) is 11.0. The van der Waals surface area contributed by atoms with Crippen molar-refractivity contribution in [2.45, 2.75) is 79.7 Å². The molecule has 2 aromatic carbocycles. The first-order chi connectivity index (χ1) is 21.2. The van der Waals surface area contributed by atoms with Crippen LogP contribution < -0.4 is 4.74 Å². The minimum absolute atomic E-state index is 0.0699. The van der Waals surface area contributed by atoms with E-state index in [0.717, 1.165) is 54.4 Å². The minimum atomic E-state index is -0.774. The van der Waals surface area contributed by atoms with E-state index in [2.05, 4.69) is 16.6 Å². The molecule has 232 valence electrons. The monoisotopic (exact) mass is 600 g/mol. The molecule has 0 saturated carbocycles. The van der Waals surface area contributed by atoms with Gasteiger partial charge >= 0.3 is 12.1 Å². The molecule has 9 heteroatoms. The fraction of sp³-hybridized carbons (Fsp3) is 0.400. The van der Waals surface area contributed by atoms with Crippen LogP contribution in [0.15, 0.2) is 53.2 Å². The zero-order valence-electron chi connectivity index (χ0n) is 26.1. The number of oxime groups is 1. The summed E-state index contributed by atoms with van der Waals surface area (Å²) in [5, 5.41) is 4.79. The molecule has 0 radical (unpaired) electrons. The van der Waals surface area contributed by atoms with Crippen LogP contribution in [0.4, 0.5) is 4.79 Å². The van der Waals surface area contributed by atoms with Gasteiger partial charge in [0.1, 0.15) is 11.5 Å². The summed E-state index contributed by atoms with van der Waals surface area (Å²) in [7, 11) is 0. The Hall–Kier alpha value is -4.53. The average Bonchev–Trinajstić information content (AvgIpc) is 3.31. The van der Waals surface area contributed by atoms with Gasteiger partial charge in [-0.25, -0.2) is 9.59 Å². The molecule has 0 aliphatic heterocycles. The van der Waals surface area contributed by atoms with Crippen LogP contribution in [0.2, 0.25) is 0 Å². The summed E-state index contributed by atoms with van der Waals surface area (Å²) in [6.07, 6.45) is 5.48. The third kappa shape index (κ3) is 7.33. The Kier molecular flexibility index (Phi) is 10.9. The molecule has 0 N–H and O–H groups in total. The number of rotatable bonds is 13. The number of nitrogens with zero attached hydrogens (tertiary/aromatic N) is 2. The molecule has 0 fully saturated rings. The lowest BCUT2D eigenvalue weighted by Gasteiger charge is -2.22. The van der Waals surface area contributed by atoms with Gasteiger partial charge in [0.2, 0.25) is 5.78 Å². The van der Waals surface area contributed by atoms with Gasteiger partial charge < -0.3 is 18.9 Å². The van der Waals surface area contributed by atoms with Gasteiger partial charge in [-0.1, -0.05) is 38.8 Å². The maximum absolute atomic E-state index is 13.7. The number of ether oxygens (including phenoxy) is 2. The zero-order chi connectivity index (χ0) is 31.8.